The van der Waals surface area contributed by atoms with Crippen molar-refractivity contribution in [3.63, 3.8) is 0 Å². The molecule has 0 aromatic heterocycles. The van der Waals surface area contributed by atoms with Crippen LogP contribution in [0.1, 0.15) is 27.2 Å². The first-order valence-corrected chi connectivity index (χ1v) is 4.48. The van der Waals surface area contributed by atoms with Crippen LogP contribution in [-0.4, -0.2) is 30.2 Å². The van der Waals surface area contributed by atoms with Crippen molar-refractivity contribution in [1.82, 2.24) is 0 Å². The molecule has 0 bridgehead atoms. The average molecular weight is 174 g/mol. The molecule has 0 aliphatic carbocycles. The quantitative estimate of drug-likeness (QED) is 0.697. The molecule has 1 aliphatic rings. The topological polar surface area (TPSA) is 38.7 Å². The second kappa shape index (κ2) is 3.73. The Morgan fingerprint density at radius 2 is 2.25 bits per heavy atom. The van der Waals surface area contributed by atoms with Gasteiger partial charge in [-0.3, -0.25) is 0 Å². The highest BCUT2D eigenvalue weighted by Crippen LogP contribution is 2.27. The Hall–Kier alpha value is -0.120. The van der Waals surface area contributed by atoms with Crippen LogP contribution in [0.4, 0.5) is 0 Å². The number of ether oxygens (including phenoxy) is 2. The monoisotopic (exact) mass is 174 g/mol. The Labute approximate surface area is 73.7 Å². The van der Waals surface area contributed by atoms with E-state index in [4.69, 9.17) is 14.6 Å². The number of hydrogen-bond donors (Lipinski definition) is 1. The lowest BCUT2D eigenvalue weighted by Crippen LogP contribution is -2.25. The predicted octanol–water partition coefficient (Wildman–Crippen LogP) is 1.16. The molecule has 1 rings (SSSR count). The first kappa shape index (κ1) is 9.96. The van der Waals surface area contributed by atoms with Crippen molar-refractivity contribution in [1.29, 1.82) is 0 Å². The van der Waals surface area contributed by atoms with Gasteiger partial charge in [-0.1, -0.05) is 6.92 Å². The van der Waals surface area contributed by atoms with Gasteiger partial charge in [-0.2, -0.15) is 0 Å². The van der Waals surface area contributed by atoms with E-state index in [0.29, 0.717) is 12.5 Å². The van der Waals surface area contributed by atoms with Crippen molar-refractivity contribution >= 4 is 0 Å². The second-order valence-corrected chi connectivity index (χ2v) is 3.86. The fraction of sp³-hybridized carbons (Fsp3) is 1.00. The van der Waals surface area contributed by atoms with Crippen molar-refractivity contribution in [3.05, 3.63) is 0 Å². The van der Waals surface area contributed by atoms with Crippen molar-refractivity contribution in [2.75, 3.05) is 13.2 Å². The van der Waals surface area contributed by atoms with E-state index in [1.165, 1.54) is 0 Å². The minimum atomic E-state index is -0.436. The van der Waals surface area contributed by atoms with Crippen LogP contribution in [0.25, 0.3) is 0 Å². The Bertz CT molecular complexity index is 145. The lowest BCUT2D eigenvalue weighted by Gasteiger charge is -2.20. The van der Waals surface area contributed by atoms with Gasteiger partial charge in [-0.25, -0.2) is 0 Å². The Morgan fingerprint density at radius 3 is 2.67 bits per heavy atom. The first-order valence-electron chi connectivity index (χ1n) is 4.48. The van der Waals surface area contributed by atoms with Gasteiger partial charge in [0.1, 0.15) is 0 Å². The number of rotatable bonds is 3. The fourth-order valence-electron chi connectivity index (χ4n) is 1.39. The van der Waals surface area contributed by atoms with Crippen LogP contribution in [-0.2, 0) is 9.47 Å². The van der Waals surface area contributed by atoms with Gasteiger partial charge in [0.2, 0.25) is 0 Å². The molecule has 3 heteroatoms. The third-order valence-corrected chi connectivity index (χ3v) is 2.25. The van der Waals surface area contributed by atoms with Crippen LogP contribution in [0, 0.1) is 5.92 Å². The summed E-state index contributed by atoms with van der Waals surface area (Å²) < 4.78 is 11.0. The van der Waals surface area contributed by atoms with Crippen LogP contribution < -0.4 is 0 Å². The van der Waals surface area contributed by atoms with E-state index in [0.717, 1.165) is 6.42 Å². The van der Waals surface area contributed by atoms with Crippen molar-refractivity contribution in [2.45, 2.75) is 39.1 Å². The molecular weight excluding hydrogens is 156 g/mol. The van der Waals surface area contributed by atoms with Gasteiger partial charge in [0.15, 0.2) is 5.79 Å². The van der Waals surface area contributed by atoms with Crippen molar-refractivity contribution in [2.24, 2.45) is 5.92 Å². The normalized spacial score (nSPS) is 30.5. The zero-order valence-electron chi connectivity index (χ0n) is 8.04. The van der Waals surface area contributed by atoms with Gasteiger partial charge in [-0.05, 0) is 26.2 Å². The van der Waals surface area contributed by atoms with E-state index < -0.39 is 5.79 Å². The lowest BCUT2D eigenvalue weighted by atomic mass is 10.0. The van der Waals surface area contributed by atoms with Gasteiger partial charge in [0.05, 0.1) is 12.7 Å². The minimum Gasteiger partial charge on any atom is -0.396 e. The zero-order chi connectivity index (χ0) is 9.19. The minimum absolute atomic E-state index is 0.146. The summed E-state index contributed by atoms with van der Waals surface area (Å²) in [6, 6.07) is 0. The molecular formula is C9H18O3. The summed E-state index contributed by atoms with van der Waals surface area (Å²) in [7, 11) is 0. The van der Waals surface area contributed by atoms with E-state index in [9.17, 15) is 0 Å². The van der Waals surface area contributed by atoms with E-state index in [1.807, 2.05) is 13.8 Å². The summed E-state index contributed by atoms with van der Waals surface area (Å²) in [5.74, 6) is -0.0641. The third kappa shape index (κ3) is 2.44. The molecule has 1 N–H and O–H groups in total. The lowest BCUT2D eigenvalue weighted by molar-refractivity contribution is -0.144. The SMILES string of the molecule is C[C@@H](CCO)[C@@H]1COC(C)(C)O1. The summed E-state index contributed by atoms with van der Waals surface area (Å²) in [5, 5.41) is 8.73. The fourth-order valence-corrected chi connectivity index (χ4v) is 1.39. The number of hydrogen-bond acceptors (Lipinski definition) is 3. The van der Waals surface area contributed by atoms with Crippen molar-refractivity contribution in [3.8, 4) is 0 Å². The van der Waals surface area contributed by atoms with E-state index in [2.05, 4.69) is 6.92 Å². The highest BCUT2D eigenvalue weighted by molar-refractivity contribution is 4.75. The van der Waals surface area contributed by atoms with E-state index in [-0.39, 0.29) is 12.7 Å². The number of aliphatic hydroxyl groups excluding tert-OH is 1. The molecule has 3 nitrogen and oxygen atoms in total. The molecule has 0 radical (unpaired) electrons. The molecule has 2 atom stereocenters. The molecule has 1 aliphatic heterocycles. The predicted molar refractivity (Wildman–Crippen MR) is 45.8 cm³/mol. The molecule has 12 heavy (non-hydrogen) atoms. The molecule has 1 fully saturated rings. The smallest absolute Gasteiger partial charge is 0.163 e. The van der Waals surface area contributed by atoms with Crippen molar-refractivity contribution < 1.29 is 14.6 Å². The van der Waals surface area contributed by atoms with Crippen LogP contribution in [0.5, 0.6) is 0 Å². The van der Waals surface area contributed by atoms with Gasteiger partial charge in [-0.15, -0.1) is 0 Å². The maximum absolute atomic E-state index is 8.73. The van der Waals surface area contributed by atoms with Crippen LogP contribution in [0.3, 0.4) is 0 Å². The molecule has 0 aromatic rings. The largest absolute Gasteiger partial charge is 0.396 e. The summed E-state index contributed by atoms with van der Waals surface area (Å²) in [5.41, 5.74) is 0. The summed E-state index contributed by atoms with van der Waals surface area (Å²) in [6.07, 6.45) is 0.927. The van der Waals surface area contributed by atoms with Crippen LogP contribution in [0.15, 0.2) is 0 Å². The van der Waals surface area contributed by atoms with E-state index in [1.54, 1.807) is 0 Å². The molecule has 0 amide bonds. The third-order valence-electron chi connectivity index (χ3n) is 2.25. The highest BCUT2D eigenvalue weighted by atomic mass is 16.7. The summed E-state index contributed by atoms with van der Waals surface area (Å²) in [6.45, 7) is 6.78. The highest BCUT2D eigenvalue weighted by Gasteiger charge is 2.35. The zero-order valence-corrected chi connectivity index (χ0v) is 8.04. The summed E-state index contributed by atoms with van der Waals surface area (Å²) in [4.78, 5) is 0. The Kier molecular flexibility index (Phi) is 3.09. The molecule has 0 spiro atoms. The maximum atomic E-state index is 8.73. The molecule has 72 valence electrons. The standard InChI is InChI=1S/C9H18O3/c1-7(4-5-10)8-6-11-9(2,3)12-8/h7-8,10H,4-6H2,1-3H3/t7-,8-/m0/s1. The second-order valence-electron chi connectivity index (χ2n) is 3.86. The first-order chi connectivity index (χ1) is 5.55. The molecule has 0 aromatic carbocycles. The van der Waals surface area contributed by atoms with Crippen LogP contribution in [0.2, 0.25) is 0 Å². The van der Waals surface area contributed by atoms with Crippen LogP contribution >= 0.6 is 0 Å². The van der Waals surface area contributed by atoms with Gasteiger partial charge in [0.25, 0.3) is 0 Å². The van der Waals surface area contributed by atoms with Gasteiger partial charge >= 0.3 is 0 Å². The average Bonchev–Trinajstić information content (AvgIpc) is 2.31. The van der Waals surface area contributed by atoms with E-state index >= 15 is 0 Å². The van der Waals surface area contributed by atoms with Gasteiger partial charge < -0.3 is 14.6 Å². The Morgan fingerprint density at radius 1 is 1.58 bits per heavy atom. The molecule has 1 saturated heterocycles. The summed E-state index contributed by atoms with van der Waals surface area (Å²) >= 11 is 0. The molecule has 0 unspecified atom stereocenters. The number of aliphatic hydroxyl groups is 1. The Balaban J connectivity index is 2.36. The molecule has 1 heterocycles. The van der Waals surface area contributed by atoms with Gasteiger partial charge in [0, 0.05) is 6.61 Å². The maximum Gasteiger partial charge on any atom is 0.163 e. The molecule has 0 saturated carbocycles.